The third kappa shape index (κ3) is 2.22. The number of hydrogen-bond donors (Lipinski definition) is 0. The van der Waals surface area contributed by atoms with Crippen LogP contribution in [0.5, 0.6) is 0 Å². The number of aromatic nitrogens is 1. The van der Waals surface area contributed by atoms with E-state index in [4.69, 9.17) is 6.42 Å². The van der Waals surface area contributed by atoms with Gasteiger partial charge >= 0.3 is 0 Å². The Morgan fingerprint density at radius 3 is 2.67 bits per heavy atom. The Kier molecular flexibility index (Phi) is 3.90. The molecule has 0 aliphatic rings. The summed E-state index contributed by atoms with van der Waals surface area (Å²) >= 11 is 1.74. The maximum Gasteiger partial charge on any atom is 0.226 e. The SMILES string of the molecule is C#CC[n+]1csc2cc(C)c(C)cc21.[Br-]. The second kappa shape index (κ2) is 4.78. The summed E-state index contributed by atoms with van der Waals surface area (Å²) in [4.78, 5) is 0. The maximum atomic E-state index is 5.31. The Hall–Kier alpha value is -0.850. The van der Waals surface area contributed by atoms with E-state index in [0.717, 1.165) is 0 Å². The Morgan fingerprint density at radius 1 is 1.33 bits per heavy atom. The van der Waals surface area contributed by atoms with Gasteiger partial charge in [0.1, 0.15) is 4.70 Å². The highest BCUT2D eigenvalue weighted by Crippen LogP contribution is 2.20. The van der Waals surface area contributed by atoms with Gasteiger partial charge in [-0.15, -0.1) is 6.42 Å². The van der Waals surface area contributed by atoms with Crippen molar-refractivity contribution in [1.82, 2.24) is 0 Å². The largest absolute Gasteiger partial charge is 1.00 e. The second-order valence-electron chi connectivity index (χ2n) is 3.46. The van der Waals surface area contributed by atoms with E-state index in [1.165, 1.54) is 21.3 Å². The van der Waals surface area contributed by atoms with Gasteiger partial charge in [0.15, 0.2) is 0 Å². The number of aryl methyl sites for hydroxylation is 2. The minimum atomic E-state index is 0. The predicted molar refractivity (Wildman–Crippen MR) is 60.3 cm³/mol. The molecule has 0 atom stereocenters. The molecular formula is C12H12BrNS. The van der Waals surface area contributed by atoms with Crippen LogP contribution in [0.3, 0.4) is 0 Å². The highest BCUT2D eigenvalue weighted by molar-refractivity contribution is 7.16. The van der Waals surface area contributed by atoms with Crippen molar-refractivity contribution in [3.05, 3.63) is 28.8 Å². The summed E-state index contributed by atoms with van der Waals surface area (Å²) in [7, 11) is 0. The van der Waals surface area contributed by atoms with Crippen LogP contribution in [0.2, 0.25) is 0 Å². The van der Waals surface area contributed by atoms with Crippen molar-refractivity contribution in [2.45, 2.75) is 20.4 Å². The summed E-state index contributed by atoms with van der Waals surface area (Å²) in [6, 6.07) is 4.43. The van der Waals surface area contributed by atoms with Gasteiger partial charge in [-0.2, -0.15) is 4.57 Å². The van der Waals surface area contributed by atoms with E-state index in [-0.39, 0.29) is 17.0 Å². The molecule has 0 radical (unpaired) electrons. The van der Waals surface area contributed by atoms with Gasteiger partial charge in [0, 0.05) is 6.07 Å². The molecule has 0 saturated carbocycles. The van der Waals surface area contributed by atoms with Gasteiger partial charge in [-0.05, 0) is 37.0 Å². The fraction of sp³-hybridized carbons (Fsp3) is 0.250. The lowest BCUT2D eigenvalue weighted by Crippen LogP contribution is -3.00. The molecular weight excluding hydrogens is 270 g/mol. The van der Waals surface area contributed by atoms with Gasteiger partial charge in [-0.3, -0.25) is 0 Å². The van der Waals surface area contributed by atoms with Crippen molar-refractivity contribution in [2.75, 3.05) is 0 Å². The summed E-state index contributed by atoms with van der Waals surface area (Å²) in [5.41, 5.74) is 5.99. The Balaban J connectivity index is 0.00000112. The molecule has 1 heterocycles. The molecule has 1 nitrogen and oxygen atoms in total. The molecule has 0 spiro atoms. The first-order chi connectivity index (χ1) is 6.72. The molecule has 0 saturated heterocycles. The smallest absolute Gasteiger partial charge is 0.226 e. The topological polar surface area (TPSA) is 3.88 Å². The van der Waals surface area contributed by atoms with Crippen LogP contribution in [0.25, 0.3) is 10.2 Å². The molecule has 78 valence electrons. The molecule has 0 bridgehead atoms. The standard InChI is InChI=1S/C12H12NS.BrH/c1-4-5-13-8-14-12-7-10(3)9(2)6-11(12)13;/h1,6-8H,5H2,2-3H3;1H/q+1;/p-1. The van der Waals surface area contributed by atoms with Crippen molar-refractivity contribution in [1.29, 1.82) is 0 Å². The molecule has 1 aromatic heterocycles. The van der Waals surface area contributed by atoms with E-state index in [2.05, 4.69) is 42.0 Å². The predicted octanol–water partition coefficient (Wildman–Crippen LogP) is -0.557. The van der Waals surface area contributed by atoms with Crippen LogP contribution in [0.4, 0.5) is 0 Å². The Bertz CT molecular complexity index is 522. The molecule has 0 unspecified atom stereocenters. The van der Waals surface area contributed by atoms with Crippen LogP contribution in [-0.2, 0) is 6.54 Å². The first-order valence-electron chi connectivity index (χ1n) is 4.53. The second-order valence-corrected chi connectivity index (χ2v) is 4.35. The number of benzene rings is 1. The zero-order valence-electron chi connectivity index (χ0n) is 8.75. The number of hydrogen-bond acceptors (Lipinski definition) is 1. The normalized spacial score (nSPS) is 9.67. The van der Waals surface area contributed by atoms with E-state index < -0.39 is 0 Å². The average Bonchev–Trinajstić information content (AvgIpc) is 2.51. The van der Waals surface area contributed by atoms with E-state index in [9.17, 15) is 0 Å². The first-order valence-corrected chi connectivity index (χ1v) is 5.41. The van der Waals surface area contributed by atoms with Crippen LogP contribution < -0.4 is 21.5 Å². The number of thiazole rings is 1. The molecule has 2 rings (SSSR count). The molecule has 15 heavy (non-hydrogen) atoms. The van der Waals surface area contributed by atoms with E-state index in [1.807, 2.05) is 0 Å². The minimum absolute atomic E-state index is 0. The zero-order valence-corrected chi connectivity index (χ0v) is 11.2. The third-order valence-corrected chi connectivity index (χ3v) is 3.39. The van der Waals surface area contributed by atoms with Crippen molar-refractivity contribution < 1.29 is 21.5 Å². The lowest BCUT2D eigenvalue weighted by molar-refractivity contribution is -0.654. The molecule has 0 aliphatic carbocycles. The summed E-state index contributed by atoms with van der Waals surface area (Å²) in [6.07, 6.45) is 5.31. The summed E-state index contributed by atoms with van der Waals surface area (Å²) in [5.74, 6) is 2.67. The fourth-order valence-corrected chi connectivity index (χ4v) is 2.46. The maximum absolute atomic E-state index is 5.31. The van der Waals surface area contributed by atoms with Crippen molar-refractivity contribution in [3.8, 4) is 12.3 Å². The monoisotopic (exact) mass is 281 g/mol. The Morgan fingerprint density at radius 2 is 2.00 bits per heavy atom. The van der Waals surface area contributed by atoms with Gasteiger partial charge in [0.2, 0.25) is 17.6 Å². The first kappa shape index (κ1) is 12.2. The number of terminal acetylenes is 1. The van der Waals surface area contributed by atoms with Gasteiger partial charge in [0.25, 0.3) is 0 Å². The number of fused-ring (bicyclic) bond motifs is 1. The molecule has 3 heteroatoms. The van der Waals surface area contributed by atoms with Gasteiger partial charge < -0.3 is 17.0 Å². The van der Waals surface area contributed by atoms with Crippen LogP contribution in [-0.4, -0.2) is 0 Å². The third-order valence-electron chi connectivity index (χ3n) is 2.45. The Labute approximate surface area is 105 Å². The average molecular weight is 282 g/mol. The lowest BCUT2D eigenvalue weighted by atomic mass is 10.1. The molecule has 0 amide bonds. The van der Waals surface area contributed by atoms with Crippen LogP contribution in [0.15, 0.2) is 17.6 Å². The highest BCUT2D eigenvalue weighted by Gasteiger charge is 2.11. The fourth-order valence-electron chi connectivity index (χ4n) is 1.49. The molecule has 0 aliphatic heterocycles. The van der Waals surface area contributed by atoms with E-state index in [0.29, 0.717) is 6.54 Å². The quantitative estimate of drug-likeness (QED) is 0.488. The van der Waals surface area contributed by atoms with Gasteiger partial charge in [-0.1, -0.05) is 11.3 Å². The van der Waals surface area contributed by atoms with Crippen LogP contribution in [0.1, 0.15) is 11.1 Å². The van der Waals surface area contributed by atoms with E-state index >= 15 is 0 Å². The summed E-state index contributed by atoms with van der Waals surface area (Å²) in [6.45, 7) is 4.93. The zero-order chi connectivity index (χ0) is 10.1. The molecule has 1 aromatic carbocycles. The minimum Gasteiger partial charge on any atom is -1.00 e. The summed E-state index contributed by atoms with van der Waals surface area (Å²) in [5, 5.41) is 0. The molecule has 2 aromatic rings. The van der Waals surface area contributed by atoms with Gasteiger partial charge in [0.05, 0.1) is 0 Å². The lowest BCUT2D eigenvalue weighted by Gasteiger charge is -1.96. The van der Waals surface area contributed by atoms with Gasteiger partial charge in [-0.25, -0.2) is 0 Å². The van der Waals surface area contributed by atoms with Crippen molar-refractivity contribution >= 4 is 21.6 Å². The van der Waals surface area contributed by atoms with Crippen LogP contribution in [0, 0.1) is 26.2 Å². The molecule has 0 N–H and O–H groups in total. The molecule has 0 fully saturated rings. The number of halogens is 1. The van der Waals surface area contributed by atoms with Crippen molar-refractivity contribution in [2.24, 2.45) is 0 Å². The number of nitrogens with zero attached hydrogens (tertiary/aromatic N) is 1. The number of rotatable bonds is 1. The summed E-state index contributed by atoms with van der Waals surface area (Å²) < 4.78 is 3.43. The van der Waals surface area contributed by atoms with Crippen molar-refractivity contribution in [3.63, 3.8) is 0 Å². The van der Waals surface area contributed by atoms with E-state index in [1.54, 1.807) is 11.3 Å². The van der Waals surface area contributed by atoms with Crippen LogP contribution >= 0.6 is 11.3 Å². The highest BCUT2D eigenvalue weighted by atomic mass is 79.9.